The lowest BCUT2D eigenvalue weighted by Gasteiger charge is -2.30. The lowest BCUT2D eigenvalue weighted by Crippen LogP contribution is -2.47. The van der Waals surface area contributed by atoms with E-state index in [2.05, 4.69) is 30.9 Å². The largest absolute Gasteiger partial charge is 0.367 e. The molecule has 0 bridgehead atoms. The summed E-state index contributed by atoms with van der Waals surface area (Å²) in [4.78, 5) is 24.1. The molecule has 0 aromatic carbocycles. The number of aromatic nitrogens is 3. The highest BCUT2D eigenvalue weighted by Gasteiger charge is 2.24. The van der Waals surface area contributed by atoms with Crippen molar-refractivity contribution in [1.82, 2.24) is 25.6 Å². The smallest absolute Gasteiger partial charge is 0.237 e. The number of H-pyrrole nitrogens is 1. The van der Waals surface area contributed by atoms with Gasteiger partial charge in [0.25, 0.3) is 0 Å². The monoisotopic (exact) mass is 426 g/mol. The molecule has 0 spiro atoms. The minimum Gasteiger partial charge on any atom is -0.367 e. The first-order chi connectivity index (χ1) is 14.5. The minimum absolute atomic E-state index is 0.0586. The zero-order valence-corrected chi connectivity index (χ0v) is 18.0. The van der Waals surface area contributed by atoms with E-state index in [0.29, 0.717) is 11.2 Å². The second-order valence-electron chi connectivity index (χ2n) is 7.88. The third-order valence-electron chi connectivity index (χ3n) is 5.81. The van der Waals surface area contributed by atoms with Crippen molar-refractivity contribution >= 4 is 34.4 Å². The molecule has 4 rings (SSSR count). The highest BCUT2D eigenvalue weighted by molar-refractivity contribution is 6.29. The number of nitrogens with zero attached hydrogens (tertiary/aromatic N) is 2. The summed E-state index contributed by atoms with van der Waals surface area (Å²) in [5.74, 6) is 0.829. The van der Waals surface area contributed by atoms with Gasteiger partial charge in [-0.2, -0.15) is 0 Å². The van der Waals surface area contributed by atoms with Gasteiger partial charge in [0.05, 0.1) is 6.04 Å². The molecule has 1 saturated carbocycles. The summed E-state index contributed by atoms with van der Waals surface area (Å²) >= 11 is 6.33. The van der Waals surface area contributed by atoms with E-state index in [1.165, 1.54) is 0 Å². The van der Waals surface area contributed by atoms with Gasteiger partial charge in [-0.15, -0.1) is 0 Å². The molecule has 1 atom stereocenters. The van der Waals surface area contributed by atoms with E-state index < -0.39 is 0 Å². The molecule has 7 nitrogen and oxygen atoms in total. The maximum Gasteiger partial charge on any atom is 0.237 e. The highest BCUT2D eigenvalue weighted by Crippen LogP contribution is 2.31. The van der Waals surface area contributed by atoms with Crippen molar-refractivity contribution in [2.75, 3.05) is 12.4 Å². The fraction of sp³-hybridized carbons (Fsp3) is 0.409. The van der Waals surface area contributed by atoms with E-state index in [9.17, 15) is 4.79 Å². The molecule has 0 aliphatic heterocycles. The molecular weight excluding hydrogens is 400 g/mol. The molecule has 1 aliphatic rings. The van der Waals surface area contributed by atoms with E-state index in [0.717, 1.165) is 53.7 Å². The molecule has 0 radical (unpaired) electrons. The van der Waals surface area contributed by atoms with Crippen molar-refractivity contribution in [2.45, 2.75) is 50.7 Å². The zero-order chi connectivity index (χ0) is 21.1. The normalized spacial score (nSPS) is 20.1. The molecule has 1 aliphatic carbocycles. The van der Waals surface area contributed by atoms with Crippen molar-refractivity contribution in [1.29, 1.82) is 0 Å². The number of hydrogen-bond acceptors (Lipinski definition) is 5. The van der Waals surface area contributed by atoms with Crippen LogP contribution in [0.15, 0.2) is 36.7 Å². The predicted octanol–water partition coefficient (Wildman–Crippen LogP) is 3.73. The van der Waals surface area contributed by atoms with Gasteiger partial charge in [0, 0.05) is 35.4 Å². The summed E-state index contributed by atoms with van der Waals surface area (Å²) in [6.07, 6.45) is 7.56. The van der Waals surface area contributed by atoms with Crippen molar-refractivity contribution in [3.63, 3.8) is 0 Å². The molecule has 1 amide bonds. The Morgan fingerprint density at radius 3 is 2.77 bits per heavy atom. The quantitative estimate of drug-likeness (QED) is 0.450. The van der Waals surface area contributed by atoms with Crippen LogP contribution >= 0.6 is 11.6 Å². The Labute approximate surface area is 181 Å². The number of amides is 1. The second-order valence-corrected chi connectivity index (χ2v) is 8.26. The van der Waals surface area contributed by atoms with Crippen LogP contribution in [-0.2, 0) is 4.79 Å². The van der Waals surface area contributed by atoms with Gasteiger partial charge in [-0.1, -0.05) is 11.6 Å². The maximum atomic E-state index is 12.1. The standard InChI is InChI=1S/C22H27ClN6O/c1-13(24-2)22(30)28-16-7-5-15(6-8-16)27-20-11-14(10-19(23)29-20)18-12-26-21-17(18)4-3-9-25-21/h3-4,9-13,15-16,24H,5-8H2,1-2H3,(H,25,26)(H,27,29)(H,28,30)/t13-,15-,16-/m0/s1. The van der Waals surface area contributed by atoms with Gasteiger partial charge in [-0.3, -0.25) is 4.79 Å². The maximum absolute atomic E-state index is 12.1. The highest BCUT2D eigenvalue weighted by atomic mass is 35.5. The fourth-order valence-corrected chi connectivity index (χ4v) is 4.18. The Bertz CT molecular complexity index is 1030. The summed E-state index contributed by atoms with van der Waals surface area (Å²) in [5, 5.41) is 11.2. The number of rotatable bonds is 6. The zero-order valence-electron chi connectivity index (χ0n) is 17.2. The third-order valence-corrected chi connectivity index (χ3v) is 6.00. The van der Waals surface area contributed by atoms with Crippen molar-refractivity contribution in [2.24, 2.45) is 0 Å². The van der Waals surface area contributed by atoms with Crippen LogP contribution in [0.1, 0.15) is 32.6 Å². The van der Waals surface area contributed by atoms with E-state index in [1.807, 2.05) is 37.4 Å². The number of pyridine rings is 2. The van der Waals surface area contributed by atoms with Gasteiger partial charge >= 0.3 is 0 Å². The molecule has 0 unspecified atom stereocenters. The van der Waals surface area contributed by atoms with Gasteiger partial charge < -0.3 is 20.9 Å². The van der Waals surface area contributed by atoms with Crippen LogP contribution in [0.25, 0.3) is 22.2 Å². The van der Waals surface area contributed by atoms with Crippen LogP contribution in [0.5, 0.6) is 0 Å². The number of carbonyl (C=O) groups excluding carboxylic acids is 1. The van der Waals surface area contributed by atoms with Gasteiger partial charge in [0.2, 0.25) is 5.91 Å². The molecule has 30 heavy (non-hydrogen) atoms. The number of aromatic amines is 1. The molecule has 0 saturated heterocycles. The molecule has 3 aromatic heterocycles. The second kappa shape index (κ2) is 9.02. The lowest BCUT2D eigenvalue weighted by molar-refractivity contribution is -0.123. The number of hydrogen-bond donors (Lipinski definition) is 4. The molecular formula is C22H27ClN6O. The predicted molar refractivity (Wildman–Crippen MR) is 121 cm³/mol. The average molecular weight is 427 g/mol. The topological polar surface area (TPSA) is 94.7 Å². The van der Waals surface area contributed by atoms with Crippen LogP contribution in [0.4, 0.5) is 5.82 Å². The van der Waals surface area contributed by atoms with Gasteiger partial charge in [-0.25, -0.2) is 9.97 Å². The molecule has 158 valence electrons. The van der Waals surface area contributed by atoms with Crippen LogP contribution in [-0.4, -0.2) is 46.0 Å². The lowest BCUT2D eigenvalue weighted by atomic mass is 9.91. The van der Waals surface area contributed by atoms with E-state index in [-0.39, 0.29) is 18.0 Å². The first-order valence-corrected chi connectivity index (χ1v) is 10.8. The molecule has 3 heterocycles. The first kappa shape index (κ1) is 20.6. The Morgan fingerprint density at radius 1 is 1.23 bits per heavy atom. The van der Waals surface area contributed by atoms with Gasteiger partial charge in [0.1, 0.15) is 16.6 Å². The van der Waals surface area contributed by atoms with Gasteiger partial charge in [0.15, 0.2) is 0 Å². The van der Waals surface area contributed by atoms with Crippen molar-refractivity contribution < 1.29 is 4.79 Å². The summed E-state index contributed by atoms with van der Waals surface area (Å²) in [7, 11) is 1.80. The molecule has 1 fully saturated rings. The SMILES string of the molecule is CN[C@@H](C)C(=O)N[C@H]1CC[C@H](Nc2cc(-c3c[nH]c4ncccc34)cc(Cl)n2)CC1. The number of likely N-dealkylation sites (N-methyl/N-ethyl adjacent to an activating group) is 1. The Morgan fingerprint density at radius 2 is 2.00 bits per heavy atom. The summed E-state index contributed by atoms with van der Waals surface area (Å²) in [6.45, 7) is 1.87. The Kier molecular flexibility index (Phi) is 6.20. The van der Waals surface area contributed by atoms with E-state index in [4.69, 9.17) is 11.6 Å². The Balaban J connectivity index is 1.42. The van der Waals surface area contributed by atoms with E-state index >= 15 is 0 Å². The molecule has 3 aromatic rings. The number of halogens is 1. The van der Waals surface area contributed by atoms with Crippen molar-refractivity contribution in [3.8, 4) is 11.1 Å². The van der Waals surface area contributed by atoms with Crippen LogP contribution in [0.2, 0.25) is 5.15 Å². The van der Waals surface area contributed by atoms with E-state index in [1.54, 1.807) is 13.2 Å². The molecule has 4 N–H and O–H groups in total. The van der Waals surface area contributed by atoms with Gasteiger partial charge in [-0.05, 0) is 69.5 Å². The van der Waals surface area contributed by atoms with Crippen molar-refractivity contribution in [3.05, 3.63) is 41.8 Å². The minimum atomic E-state index is -0.172. The number of fused-ring (bicyclic) bond motifs is 1. The number of carbonyl (C=O) groups is 1. The first-order valence-electron chi connectivity index (χ1n) is 10.4. The summed E-state index contributed by atoms with van der Waals surface area (Å²) < 4.78 is 0. The summed E-state index contributed by atoms with van der Waals surface area (Å²) in [6, 6.07) is 8.24. The fourth-order valence-electron chi connectivity index (χ4n) is 3.97. The van der Waals surface area contributed by atoms with Crippen LogP contribution in [0.3, 0.4) is 0 Å². The summed E-state index contributed by atoms with van der Waals surface area (Å²) in [5.41, 5.74) is 2.90. The Hall–Kier alpha value is -2.64. The number of nitrogens with one attached hydrogen (secondary N) is 4. The van der Waals surface area contributed by atoms with Crippen LogP contribution in [0, 0.1) is 0 Å². The third kappa shape index (κ3) is 4.57. The van der Waals surface area contributed by atoms with Crippen LogP contribution < -0.4 is 16.0 Å². The molecule has 8 heteroatoms. The average Bonchev–Trinajstić information content (AvgIpc) is 3.18. The number of anilines is 1.